The Hall–Kier alpha value is -3.38. The van der Waals surface area contributed by atoms with Gasteiger partial charge in [0.2, 0.25) is 0 Å². The lowest BCUT2D eigenvalue weighted by molar-refractivity contribution is -0.119. The fraction of sp³-hybridized carbons (Fsp3) is 0.0952. The number of anilines is 1. The van der Waals surface area contributed by atoms with Crippen LogP contribution in [0, 0.1) is 0 Å². The molecule has 28 heavy (non-hydrogen) atoms. The molecule has 7 heteroatoms. The van der Waals surface area contributed by atoms with E-state index in [4.69, 9.17) is 21.1 Å². The normalized spacial score (nSPS) is 10.2. The standard InChI is InChI=1S/C21H17ClN2O4/c22-16-10-11-19(23-12-16)24-20(25)14-28-21(26)18-9-5-4-6-15(18)13-27-17-7-2-1-3-8-17/h1-12H,13-14H2,(H,23,24,25). The Morgan fingerprint density at radius 2 is 1.71 bits per heavy atom. The number of esters is 1. The maximum absolute atomic E-state index is 12.4. The number of benzene rings is 2. The summed E-state index contributed by atoms with van der Waals surface area (Å²) in [6, 6.07) is 19.4. The third-order valence-electron chi connectivity index (χ3n) is 3.70. The number of ether oxygens (including phenoxy) is 2. The molecule has 0 aliphatic heterocycles. The second-order valence-electron chi connectivity index (χ2n) is 5.74. The van der Waals surface area contributed by atoms with Gasteiger partial charge in [0.25, 0.3) is 5.91 Å². The molecule has 0 aliphatic carbocycles. The SMILES string of the molecule is O=C(COC(=O)c1ccccc1COc1ccccc1)Nc1ccc(Cl)cn1. The van der Waals surface area contributed by atoms with Crippen molar-refractivity contribution in [3.8, 4) is 5.75 Å². The molecule has 1 aromatic heterocycles. The summed E-state index contributed by atoms with van der Waals surface area (Å²) in [7, 11) is 0. The summed E-state index contributed by atoms with van der Waals surface area (Å²) in [6.07, 6.45) is 1.41. The Morgan fingerprint density at radius 3 is 2.46 bits per heavy atom. The quantitative estimate of drug-likeness (QED) is 0.608. The van der Waals surface area contributed by atoms with Crippen molar-refractivity contribution in [1.82, 2.24) is 4.98 Å². The molecule has 3 aromatic rings. The molecule has 0 fully saturated rings. The zero-order valence-corrected chi connectivity index (χ0v) is 15.6. The minimum atomic E-state index is -0.605. The van der Waals surface area contributed by atoms with Gasteiger partial charge in [-0.25, -0.2) is 9.78 Å². The van der Waals surface area contributed by atoms with Crippen molar-refractivity contribution in [2.24, 2.45) is 0 Å². The summed E-state index contributed by atoms with van der Waals surface area (Å²) in [5.41, 5.74) is 1.01. The van der Waals surface area contributed by atoms with Crippen LogP contribution in [-0.2, 0) is 16.1 Å². The molecule has 0 unspecified atom stereocenters. The van der Waals surface area contributed by atoms with Gasteiger partial charge in [0.1, 0.15) is 18.2 Å². The van der Waals surface area contributed by atoms with E-state index in [9.17, 15) is 9.59 Å². The lowest BCUT2D eigenvalue weighted by Gasteiger charge is -2.11. The first-order chi connectivity index (χ1) is 13.6. The Balaban J connectivity index is 1.56. The molecule has 0 atom stereocenters. The number of hydrogen-bond acceptors (Lipinski definition) is 5. The molecule has 1 heterocycles. The number of rotatable bonds is 7. The van der Waals surface area contributed by atoms with Gasteiger partial charge >= 0.3 is 5.97 Å². The van der Waals surface area contributed by atoms with Crippen molar-refractivity contribution in [2.45, 2.75) is 6.61 Å². The minimum Gasteiger partial charge on any atom is -0.489 e. The molecule has 3 rings (SSSR count). The van der Waals surface area contributed by atoms with E-state index in [0.717, 1.165) is 0 Å². The molecule has 1 N–H and O–H groups in total. The van der Waals surface area contributed by atoms with E-state index in [1.54, 1.807) is 36.4 Å². The number of para-hydroxylation sites is 1. The predicted molar refractivity (Wildman–Crippen MR) is 105 cm³/mol. The average molecular weight is 397 g/mol. The van der Waals surface area contributed by atoms with Crippen LogP contribution in [0.15, 0.2) is 72.9 Å². The zero-order chi connectivity index (χ0) is 19.8. The summed E-state index contributed by atoms with van der Waals surface area (Å²) < 4.78 is 10.8. The van der Waals surface area contributed by atoms with E-state index in [1.165, 1.54) is 6.20 Å². The summed E-state index contributed by atoms with van der Waals surface area (Å²) in [6.45, 7) is -0.229. The predicted octanol–water partition coefficient (Wildman–Crippen LogP) is 4.11. The van der Waals surface area contributed by atoms with Crippen LogP contribution >= 0.6 is 11.6 Å². The van der Waals surface area contributed by atoms with Crippen molar-refractivity contribution in [3.05, 3.63) is 89.1 Å². The summed E-state index contributed by atoms with van der Waals surface area (Å²) in [5, 5.41) is 2.98. The number of nitrogens with one attached hydrogen (secondary N) is 1. The fourth-order valence-electron chi connectivity index (χ4n) is 2.36. The second-order valence-corrected chi connectivity index (χ2v) is 6.18. The third kappa shape index (κ3) is 5.56. The van der Waals surface area contributed by atoms with E-state index in [0.29, 0.717) is 27.7 Å². The van der Waals surface area contributed by atoms with Crippen molar-refractivity contribution in [3.63, 3.8) is 0 Å². The number of pyridine rings is 1. The van der Waals surface area contributed by atoms with Crippen LogP contribution in [0.3, 0.4) is 0 Å². The first-order valence-corrected chi connectivity index (χ1v) is 8.84. The van der Waals surface area contributed by atoms with Gasteiger partial charge < -0.3 is 14.8 Å². The summed E-state index contributed by atoms with van der Waals surface area (Å²) in [5.74, 6) is -0.0877. The monoisotopic (exact) mass is 396 g/mol. The van der Waals surface area contributed by atoms with Crippen LogP contribution in [0.1, 0.15) is 15.9 Å². The highest BCUT2D eigenvalue weighted by atomic mass is 35.5. The van der Waals surface area contributed by atoms with Crippen LogP contribution in [-0.4, -0.2) is 23.5 Å². The number of carbonyl (C=O) groups excluding carboxylic acids is 2. The topological polar surface area (TPSA) is 77.5 Å². The molecule has 142 valence electrons. The number of carbonyl (C=O) groups is 2. The maximum atomic E-state index is 12.4. The summed E-state index contributed by atoms with van der Waals surface area (Å²) >= 11 is 5.74. The van der Waals surface area contributed by atoms with Gasteiger partial charge in [0, 0.05) is 11.8 Å². The Morgan fingerprint density at radius 1 is 0.964 bits per heavy atom. The van der Waals surface area contributed by atoms with Crippen LogP contribution in [0.2, 0.25) is 5.02 Å². The Kier molecular flexibility index (Phi) is 6.59. The molecule has 2 aromatic carbocycles. The van der Waals surface area contributed by atoms with Gasteiger partial charge in [0.05, 0.1) is 10.6 Å². The number of hydrogen-bond donors (Lipinski definition) is 1. The van der Waals surface area contributed by atoms with Crippen molar-refractivity contribution < 1.29 is 19.1 Å². The van der Waals surface area contributed by atoms with Gasteiger partial charge in [-0.15, -0.1) is 0 Å². The molecular weight excluding hydrogens is 380 g/mol. The fourth-order valence-corrected chi connectivity index (χ4v) is 2.47. The molecular formula is C21H17ClN2O4. The van der Waals surface area contributed by atoms with E-state index in [1.807, 2.05) is 30.3 Å². The van der Waals surface area contributed by atoms with E-state index in [-0.39, 0.29) is 6.61 Å². The second kappa shape index (κ2) is 9.53. The van der Waals surface area contributed by atoms with Crippen LogP contribution in [0.5, 0.6) is 5.75 Å². The lowest BCUT2D eigenvalue weighted by Crippen LogP contribution is -2.22. The molecule has 0 radical (unpaired) electrons. The van der Waals surface area contributed by atoms with Crippen LogP contribution in [0.25, 0.3) is 0 Å². The highest BCUT2D eigenvalue weighted by Crippen LogP contribution is 2.16. The highest BCUT2D eigenvalue weighted by molar-refractivity contribution is 6.30. The van der Waals surface area contributed by atoms with Gasteiger partial charge in [-0.1, -0.05) is 48.0 Å². The Labute approximate surface area is 167 Å². The average Bonchev–Trinajstić information content (AvgIpc) is 2.73. The van der Waals surface area contributed by atoms with Crippen molar-refractivity contribution in [2.75, 3.05) is 11.9 Å². The smallest absolute Gasteiger partial charge is 0.339 e. The summed E-state index contributed by atoms with van der Waals surface area (Å²) in [4.78, 5) is 28.3. The minimum absolute atomic E-state index is 0.205. The molecule has 0 saturated carbocycles. The first kappa shape index (κ1) is 19.4. The molecule has 1 amide bonds. The van der Waals surface area contributed by atoms with Crippen LogP contribution in [0.4, 0.5) is 5.82 Å². The van der Waals surface area contributed by atoms with Gasteiger partial charge in [0.15, 0.2) is 6.61 Å². The number of amides is 1. The Bertz CT molecular complexity index is 946. The van der Waals surface area contributed by atoms with Crippen molar-refractivity contribution >= 4 is 29.3 Å². The van der Waals surface area contributed by atoms with E-state index in [2.05, 4.69) is 10.3 Å². The van der Waals surface area contributed by atoms with Crippen LogP contribution < -0.4 is 10.1 Å². The lowest BCUT2D eigenvalue weighted by atomic mass is 10.1. The van der Waals surface area contributed by atoms with Gasteiger partial charge in [-0.2, -0.15) is 0 Å². The molecule has 0 aliphatic rings. The van der Waals surface area contributed by atoms with Gasteiger partial charge in [-0.3, -0.25) is 4.79 Å². The number of halogens is 1. The first-order valence-electron chi connectivity index (χ1n) is 8.46. The largest absolute Gasteiger partial charge is 0.489 e. The van der Waals surface area contributed by atoms with E-state index >= 15 is 0 Å². The number of aromatic nitrogens is 1. The van der Waals surface area contributed by atoms with Crippen molar-refractivity contribution in [1.29, 1.82) is 0 Å². The van der Waals surface area contributed by atoms with Gasteiger partial charge in [-0.05, 0) is 30.3 Å². The third-order valence-corrected chi connectivity index (χ3v) is 3.93. The molecule has 0 bridgehead atoms. The zero-order valence-electron chi connectivity index (χ0n) is 14.8. The molecule has 6 nitrogen and oxygen atoms in total. The number of nitrogens with zero attached hydrogens (tertiary/aromatic N) is 1. The molecule has 0 spiro atoms. The molecule has 0 saturated heterocycles. The van der Waals surface area contributed by atoms with E-state index < -0.39 is 18.5 Å². The maximum Gasteiger partial charge on any atom is 0.339 e. The highest BCUT2D eigenvalue weighted by Gasteiger charge is 2.15.